The maximum atomic E-state index is 12.6. The van der Waals surface area contributed by atoms with Gasteiger partial charge in [-0.25, -0.2) is 4.39 Å². The van der Waals surface area contributed by atoms with E-state index in [9.17, 15) is 19.1 Å². The lowest BCUT2D eigenvalue weighted by Crippen LogP contribution is -2.69. The second-order valence-corrected chi connectivity index (χ2v) is 6.43. The topological polar surface area (TPSA) is 121 Å². The van der Waals surface area contributed by atoms with Crippen molar-refractivity contribution in [2.45, 2.75) is 24.5 Å². The Labute approximate surface area is 147 Å². The van der Waals surface area contributed by atoms with Crippen LogP contribution in [0.5, 0.6) is 0 Å². The monoisotopic (exact) mass is 377 g/mol. The van der Waals surface area contributed by atoms with Crippen LogP contribution in [0.3, 0.4) is 0 Å². The maximum Gasteiger partial charge on any atom is 0.248 e. The van der Waals surface area contributed by atoms with Crippen LogP contribution in [0.4, 0.5) is 10.2 Å². The third-order valence-corrected chi connectivity index (χ3v) is 5.32. The van der Waals surface area contributed by atoms with Crippen molar-refractivity contribution in [3.63, 3.8) is 0 Å². The molecule has 0 bridgehead atoms. The van der Waals surface area contributed by atoms with Crippen molar-refractivity contribution in [3.8, 4) is 0 Å². The first-order valence-corrected chi connectivity index (χ1v) is 8.05. The summed E-state index contributed by atoms with van der Waals surface area (Å²) in [4.78, 5) is 24.5. The van der Waals surface area contributed by atoms with Crippen LogP contribution < -0.4 is 21.3 Å². The molecule has 0 aromatic carbocycles. The number of fused-ring (bicyclic) bond motifs is 1. The first-order chi connectivity index (χ1) is 11.0. The number of carboxylic acid groups (broad SMARTS) is 1. The standard InChI is InChI=1S/C13H16FN5O3S.ClH/c14-2-4-18-8(15)1-3-17(18)5-7-6-23-12-9(16)11(20)19(12)10(7)13(21)22;/h1,3,9,12,15H,2,4-6,16H2,(H,21,22);1H/t9-,12-;/m1./s1. The predicted molar refractivity (Wildman–Crippen MR) is 85.4 cm³/mol. The van der Waals surface area contributed by atoms with E-state index in [0.29, 0.717) is 17.1 Å². The van der Waals surface area contributed by atoms with E-state index >= 15 is 0 Å². The molecule has 2 aliphatic heterocycles. The Kier molecular flexibility index (Phi) is 5.41. The summed E-state index contributed by atoms with van der Waals surface area (Å²) >= 11 is 1.40. The Morgan fingerprint density at radius 3 is 2.88 bits per heavy atom. The van der Waals surface area contributed by atoms with Crippen LogP contribution in [0, 0.1) is 0 Å². The summed E-state index contributed by atoms with van der Waals surface area (Å²) in [6.45, 7) is -0.350. The van der Waals surface area contributed by atoms with Crippen molar-refractivity contribution in [1.82, 2.24) is 9.58 Å². The SMILES string of the molecule is Cl.Nc1cc[n+](CC2=C(C(=O)[O-])N3C(=O)[C@@H](N)[C@H]3SC2)n1CCF. The highest BCUT2D eigenvalue weighted by molar-refractivity contribution is 8.00. The van der Waals surface area contributed by atoms with Crippen LogP contribution in [0.15, 0.2) is 23.5 Å². The molecule has 1 fully saturated rings. The summed E-state index contributed by atoms with van der Waals surface area (Å²) in [5, 5.41) is 11.1. The van der Waals surface area contributed by atoms with Crippen LogP contribution in [-0.2, 0) is 22.7 Å². The first kappa shape index (κ1) is 18.6. The van der Waals surface area contributed by atoms with Gasteiger partial charge in [-0.2, -0.15) is 0 Å². The molecular weight excluding hydrogens is 361 g/mol. The highest BCUT2D eigenvalue weighted by atomic mass is 35.5. The van der Waals surface area contributed by atoms with Gasteiger partial charge in [-0.1, -0.05) is 0 Å². The number of carbonyl (C=O) groups excluding carboxylic acids is 2. The Morgan fingerprint density at radius 2 is 2.25 bits per heavy atom. The number of aromatic nitrogens is 2. The molecule has 3 rings (SSSR count). The zero-order valence-electron chi connectivity index (χ0n) is 12.6. The van der Waals surface area contributed by atoms with Gasteiger partial charge in [-0.15, -0.1) is 33.5 Å². The van der Waals surface area contributed by atoms with E-state index in [-0.39, 0.29) is 36.6 Å². The molecule has 8 nitrogen and oxygen atoms in total. The van der Waals surface area contributed by atoms with Crippen LogP contribution in [0.2, 0.25) is 0 Å². The summed E-state index contributed by atoms with van der Waals surface area (Å²) in [5.41, 5.74) is 11.8. The Bertz CT molecular complexity index is 710. The van der Waals surface area contributed by atoms with Crippen LogP contribution in [-0.4, -0.2) is 45.3 Å². The lowest BCUT2D eigenvalue weighted by molar-refractivity contribution is -0.767. The van der Waals surface area contributed by atoms with Crippen LogP contribution in [0.1, 0.15) is 0 Å². The van der Waals surface area contributed by atoms with Crippen molar-refractivity contribution >= 4 is 41.9 Å². The molecular formula is C13H17ClFN5O3S. The molecule has 0 radical (unpaired) electrons. The number of halogens is 2. The number of rotatable bonds is 5. The van der Waals surface area contributed by atoms with Crippen molar-refractivity contribution in [1.29, 1.82) is 0 Å². The van der Waals surface area contributed by atoms with Gasteiger partial charge in [0, 0.05) is 11.3 Å². The number of nitrogens with zero attached hydrogens (tertiary/aromatic N) is 3. The Hall–Kier alpha value is -1.78. The zero-order chi connectivity index (χ0) is 16.7. The van der Waals surface area contributed by atoms with Gasteiger partial charge in [-0.05, 0) is 0 Å². The molecule has 2 atom stereocenters. The number of carbonyl (C=O) groups is 2. The molecule has 1 aromatic rings. The van der Waals surface area contributed by atoms with Gasteiger partial charge in [0.25, 0.3) is 0 Å². The van der Waals surface area contributed by atoms with E-state index in [4.69, 9.17) is 11.5 Å². The maximum absolute atomic E-state index is 12.6. The van der Waals surface area contributed by atoms with Gasteiger partial charge in [0.2, 0.25) is 5.91 Å². The van der Waals surface area contributed by atoms with Gasteiger partial charge in [0.15, 0.2) is 18.6 Å². The van der Waals surface area contributed by atoms with E-state index < -0.39 is 24.6 Å². The molecule has 11 heteroatoms. The number of nitrogen functional groups attached to an aromatic ring is 1. The minimum Gasteiger partial charge on any atom is -0.543 e. The molecule has 4 N–H and O–H groups in total. The average molecular weight is 378 g/mol. The summed E-state index contributed by atoms with van der Waals surface area (Å²) in [5.74, 6) is -1.06. The number of anilines is 1. The molecule has 24 heavy (non-hydrogen) atoms. The summed E-state index contributed by atoms with van der Waals surface area (Å²) in [6, 6.07) is 0.924. The van der Waals surface area contributed by atoms with Gasteiger partial charge < -0.3 is 21.4 Å². The minimum atomic E-state index is -1.41. The quantitative estimate of drug-likeness (QED) is 0.452. The molecule has 1 amide bonds. The Morgan fingerprint density at radius 1 is 1.54 bits per heavy atom. The number of hydrogen-bond donors (Lipinski definition) is 2. The molecule has 3 heterocycles. The number of amides is 1. The molecule has 1 saturated heterocycles. The van der Waals surface area contributed by atoms with Gasteiger partial charge in [-0.3, -0.25) is 9.69 Å². The fourth-order valence-corrected chi connectivity index (χ4v) is 4.12. The summed E-state index contributed by atoms with van der Waals surface area (Å²) < 4.78 is 15.8. The van der Waals surface area contributed by atoms with Crippen molar-refractivity contribution in [2.75, 3.05) is 18.2 Å². The number of alkyl halides is 1. The summed E-state index contributed by atoms with van der Waals surface area (Å²) in [6.07, 6.45) is 1.64. The lowest BCUT2D eigenvalue weighted by atomic mass is 10.0. The first-order valence-electron chi connectivity index (χ1n) is 7.00. The second kappa shape index (κ2) is 6.99. The normalized spacial score (nSPS) is 22.8. The van der Waals surface area contributed by atoms with Gasteiger partial charge in [0.05, 0.1) is 17.7 Å². The number of hydrogen-bond acceptors (Lipinski definition) is 6. The van der Waals surface area contributed by atoms with E-state index in [1.807, 2.05) is 0 Å². The zero-order valence-corrected chi connectivity index (χ0v) is 14.2. The van der Waals surface area contributed by atoms with E-state index in [1.165, 1.54) is 21.3 Å². The average Bonchev–Trinajstić information content (AvgIpc) is 2.87. The molecule has 0 unspecified atom stereocenters. The smallest absolute Gasteiger partial charge is 0.248 e. The van der Waals surface area contributed by atoms with E-state index in [0.717, 1.165) is 0 Å². The Balaban J connectivity index is 0.00000208. The third kappa shape index (κ3) is 2.85. The van der Waals surface area contributed by atoms with Crippen molar-refractivity contribution < 1.29 is 23.8 Å². The van der Waals surface area contributed by atoms with E-state index in [2.05, 4.69) is 0 Å². The third-order valence-electron chi connectivity index (χ3n) is 3.96. The largest absolute Gasteiger partial charge is 0.543 e. The number of nitrogens with two attached hydrogens (primary N) is 2. The fourth-order valence-electron chi connectivity index (χ4n) is 2.84. The van der Waals surface area contributed by atoms with Crippen LogP contribution >= 0.6 is 24.2 Å². The highest BCUT2D eigenvalue weighted by Gasteiger charge is 2.50. The molecule has 132 valence electrons. The number of β-lactam (4-membered cyclic amide) rings is 1. The van der Waals surface area contributed by atoms with Crippen molar-refractivity contribution in [2.24, 2.45) is 5.73 Å². The highest BCUT2D eigenvalue weighted by Crippen LogP contribution is 2.39. The number of carboxylic acids is 1. The minimum absolute atomic E-state index is 0. The molecule has 1 aromatic heterocycles. The summed E-state index contributed by atoms with van der Waals surface area (Å²) in [7, 11) is 0. The molecule has 0 aliphatic carbocycles. The number of aliphatic carboxylic acids is 1. The molecule has 2 aliphatic rings. The predicted octanol–water partition coefficient (Wildman–Crippen LogP) is -2.00. The lowest BCUT2D eigenvalue weighted by Gasteiger charge is -2.49. The van der Waals surface area contributed by atoms with Crippen molar-refractivity contribution in [3.05, 3.63) is 23.5 Å². The fraction of sp³-hybridized carbons (Fsp3) is 0.462. The molecule has 0 spiro atoms. The van der Waals surface area contributed by atoms with Crippen LogP contribution in [0.25, 0.3) is 0 Å². The number of thioether (sulfide) groups is 1. The van der Waals surface area contributed by atoms with E-state index in [1.54, 1.807) is 16.9 Å². The van der Waals surface area contributed by atoms with Gasteiger partial charge >= 0.3 is 0 Å². The molecule has 0 saturated carbocycles. The van der Waals surface area contributed by atoms with Gasteiger partial charge in [0.1, 0.15) is 24.6 Å². The second-order valence-electron chi connectivity index (χ2n) is 5.33.